The second-order valence-corrected chi connectivity index (χ2v) is 6.72. The van der Waals surface area contributed by atoms with Crippen LogP contribution >= 0.6 is 24.0 Å². The third-order valence-corrected chi connectivity index (χ3v) is 4.41. The van der Waals surface area contributed by atoms with Crippen molar-refractivity contribution in [1.29, 1.82) is 0 Å². The van der Waals surface area contributed by atoms with Crippen LogP contribution < -0.4 is 10.6 Å². The Morgan fingerprint density at radius 2 is 1.95 bits per heavy atom. The molecule has 0 aromatic heterocycles. The van der Waals surface area contributed by atoms with Gasteiger partial charge in [0.15, 0.2) is 5.96 Å². The molecule has 130 valence electrons. The van der Waals surface area contributed by atoms with Crippen molar-refractivity contribution in [2.75, 3.05) is 46.4 Å². The number of halogens is 1. The molecule has 2 aliphatic heterocycles. The van der Waals surface area contributed by atoms with Gasteiger partial charge in [-0.1, -0.05) is 13.8 Å². The van der Waals surface area contributed by atoms with E-state index in [-0.39, 0.29) is 24.0 Å². The van der Waals surface area contributed by atoms with Gasteiger partial charge in [-0.15, -0.1) is 24.0 Å². The summed E-state index contributed by atoms with van der Waals surface area (Å²) in [4.78, 5) is 6.85. The average molecular weight is 424 g/mol. The molecule has 0 saturated carbocycles. The van der Waals surface area contributed by atoms with Crippen LogP contribution in [0.5, 0.6) is 0 Å². The van der Waals surface area contributed by atoms with Crippen molar-refractivity contribution in [2.45, 2.75) is 39.2 Å². The molecule has 0 aromatic rings. The first-order valence-electron chi connectivity index (χ1n) is 8.46. The van der Waals surface area contributed by atoms with E-state index in [1.807, 2.05) is 7.05 Å². The first kappa shape index (κ1) is 20.0. The van der Waals surface area contributed by atoms with Gasteiger partial charge < -0.3 is 20.3 Å². The van der Waals surface area contributed by atoms with E-state index < -0.39 is 0 Å². The SMILES string of the molecule is CN=C(NCCN1CC(C)CC(C)C1)NCC1CCCO1.I. The standard InChI is InChI=1S/C16H32N4O.HI/c1-13-9-14(2)12-20(11-13)7-6-18-16(17-3)19-10-15-5-4-8-21-15;/h13-15H,4-12H2,1-3H3,(H2,17,18,19);1H. The van der Waals surface area contributed by atoms with Gasteiger partial charge in [-0.2, -0.15) is 0 Å². The summed E-state index contributed by atoms with van der Waals surface area (Å²) in [5.41, 5.74) is 0. The molecule has 0 aliphatic carbocycles. The first-order valence-corrected chi connectivity index (χ1v) is 8.46. The van der Waals surface area contributed by atoms with E-state index in [0.717, 1.165) is 50.5 Å². The molecule has 0 spiro atoms. The van der Waals surface area contributed by atoms with Gasteiger partial charge in [0, 0.05) is 46.4 Å². The number of aliphatic imine (C=N–C) groups is 1. The molecule has 2 fully saturated rings. The maximum Gasteiger partial charge on any atom is 0.191 e. The zero-order chi connectivity index (χ0) is 15.1. The topological polar surface area (TPSA) is 48.9 Å². The van der Waals surface area contributed by atoms with E-state index in [2.05, 4.69) is 34.4 Å². The Morgan fingerprint density at radius 1 is 1.23 bits per heavy atom. The van der Waals surface area contributed by atoms with Crippen molar-refractivity contribution in [3.63, 3.8) is 0 Å². The lowest BCUT2D eigenvalue weighted by Gasteiger charge is -2.35. The van der Waals surface area contributed by atoms with Crippen molar-refractivity contribution < 1.29 is 4.74 Å². The number of piperidine rings is 1. The molecule has 22 heavy (non-hydrogen) atoms. The van der Waals surface area contributed by atoms with Gasteiger partial charge in [-0.05, 0) is 31.1 Å². The number of hydrogen-bond donors (Lipinski definition) is 2. The fraction of sp³-hybridized carbons (Fsp3) is 0.938. The van der Waals surface area contributed by atoms with Crippen LogP contribution in [0.2, 0.25) is 0 Å². The Kier molecular flexibility index (Phi) is 9.66. The van der Waals surface area contributed by atoms with Gasteiger partial charge in [0.1, 0.15) is 0 Å². The summed E-state index contributed by atoms with van der Waals surface area (Å²) in [6, 6.07) is 0. The Hall–Kier alpha value is -0.0800. The van der Waals surface area contributed by atoms with Gasteiger partial charge in [0.2, 0.25) is 0 Å². The molecule has 3 unspecified atom stereocenters. The number of nitrogens with one attached hydrogen (secondary N) is 2. The first-order chi connectivity index (χ1) is 10.2. The van der Waals surface area contributed by atoms with Crippen LogP contribution in [0, 0.1) is 11.8 Å². The minimum Gasteiger partial charge on any atom is -0.376 e. The molecule has 2 saturated heterocycles. The van der Waals surface area contributed by atoms with Crippen LogP contribution in [0.25, 0.3) is 0 Å². The number of likely N-dealkylation sites (tertiary alicyclic amines) is 1. The van der Waals surface area contributed by atoms with Crippen molar-refractivity contribution in [1.82, 2.24) is 15.5 Å². The quantitative estimate of drug-likeness (QED) is 0.402. The van der Waals surface area contributed by atoms with Crippen molar-refractivity contribution in [3.05, 3.63) is 0 Å². The molecule has 2 heterocycles. The predicted octanol–water partition coefficient (Wildman–Crippen LogP) is 1.93. The lowest BCUT2D eigenvalue weighted by molar-refractivity contribution is 0.113. The molecule has 5 nitrogen and oxygen atoms in total. The molecule has 0 aromatic carbocycles. The molecule has 0 amide bonds. The summed E-state index contributed by atoms with van der Waals surface area (Å²) < 4.78 is 5.62. The normalized spacial score (nSPS) is 30.0. The van der Waals surface area contributed by atoms with Gasteiger partial charge in [-0.25, -0.2) is 0 Å². The zero-order valence-electron chi connectivity index (χ0n) is 14.3. The molecule has 0 bridgehead atoms. The largest absolute Gasteiger partial charge is 0.376 e. The van der Waals surface area contributed by atoms with E-state index in [9.17, 15) is 0 Å². The van der Waals surface area contributed by atoms with Crippen molar-refractivity contribution >= 4 is 29.9 Å². The summed E-state index contributed by atoms with van der Waals surface area (Å²) in [6.45, 7) is 11.0. The molecule has 3 atom stereocenters. The molecule has 2 N–H and O–H groups in total. The highest BCUT2D eigenvalue weighted by Crippen LogP contribution is 2.20. The highest BCUT2D eigenvalue weighted by Gasteiger charge is 2.21. The minimum atomic E-state index is 0. The lowest BCUT2D eigenvalue weighted by Crippen LogP contribution is -2.46. The highest BCUT2D eigenvalue weighted by molar-refractivity contribution is 14.0. The van der Waals surface area contributed by atoms with Crippen LogP contribution in [0.4, 0.5) is 0 Å². The second-order valence-electron chi connectivity index (χ2n) is 6.72. The fourth-order valence-electron chi connectivity index (χ4n) is 3.54. The molecule has 2 rings (SSSR count). The molecule has 6 heteroatoms. The Bertz CT molecular complexity index is 324. The van der Waals surface area contributed by atoms with Crippen LogP contribution in [0.3, 0.4) is 0 Å². The number of ether oxygens (including phenoxy) is 1. The van der Waals surface area contributed by atoms with E-state index in [4.69, 9.17) is 4.74 Å². The van der Waals surface area contributed by atoms with Crippen LogP contribution in [-0.2, 0) is 4.74 Å². The zero-order valence-corrected chi connectivity index (χ0v) is 16.6. The summed E-state index contributed by atoms with van der Waals surface area (Å²) in [6.07, 6.45) is 4.07. The molecular weight excluding hydrogens is 391 g/mol. The monoisotopic (exact) mass is 424 g/mol. The number of guanidine groups is 1. The highest BCUT2D eigenvalue weighted by atomic mass is 127. The van der Waals surface area contributed by atoms with Gasteiger partial charge in [-0.3, -0.25) is 4.99 Å². The Labute approximate surface area is 152 Å². The lowest BCUT2D eigenvalue weighted by atomic mass is 9.92. The van der Waals surface area contributed by atoms with Gasteiger partial charge in [0.25, 0.3) is 0 Å². The number of hydrogen-bond acceptors (Lipinski definition) is 3. The van der Waals surface area contributed by atoms with Crippen LogP contribution in [0.1, 0.15) is 33.1 Å². The Morgan fingerprint density at radius 3 is 2.55 bits per heavy atom. The summed E-state index contributed by atoms with van der Waals surface area (Å²) in [5, 5.41) is 6.77. The van der Waals surface area contributed by atoms with Gasteiger partial charge >= 0.3 is 0 Å². The van der Waals surface area contributed by atoms with E-state index >= 15 is 0 Å². The van der Waals surface area contributed by atoms with E-state index in [1.165, 1.54) is 25.9 Å². The van der Waals surface area contributed by atoms with Crippen LogP contribution in [0.15, 0.2) is 4.99 Å². The third-order valence-electron chi connectivity index (χ3n) is 4.41. The fourth-order valence-corrected chi connectivity index (χ4v) is 3.54. The van der Waals surface area contributed by atoms with Gasteiger partial charge in [0.05, 0.1) is 6.10 Å². The maximum absolute atomic E-state index is 5.62. The smallest absolute Gasteiger partial charge is 0.191 e. The summed E-state index contributed by atoms with van der Waals surface area (Å²) in [5.74, 6) is 2.54. The van der Waals surface area contributed by atoms with Crippen molar-refractivity contribution in [2.24, 2.45) is 16.8 Å². The predicted molar refractivity (Wildman–Crippen MR) is 103 cm³/mol. The minimum absolute atomic E-state index is 0. The maximum atomic E-state index is 5.62. The second kappa shape index (κ2) is 10.6. The third kappa shape index (κ3) is 7.00. The Balaban J connectivity index is 0.00000242. The average Bonchev–Trinajstić information content (AvgIpc) is 2.94. The molecule has 0 radical (unpaired) electrons. The number of nitrogens with zero attached hydrogens (tertiary/aromatic N) is 2. The summed E-state index contributed by atoms with van der Waals surface area (Å²) in [7, 11) is 1.83. The van der Waals surface area contributed by atoms with Crippen molar-refractivity contribution in [3.8, 4) is 0 Å². The van der Waals surface area contributed by atoms with E-state index in [0.29, 0.717) is 6.10 Å². The molecular formula is C16H33IN4O. The van der Waals surface area contributed by atoms with Crippen LogP contribution in [-0.4, -0.2) is 63.3 Å². The van der Waals surface area contributed by atoms with E-state index in [1.54, 1.807) is 0 Å². The molecule has 2 aliphatic rings. The number of rotatable bonds is 5. The summed E-state index contributed by atoms with van der Waals surface area (Å²) >= 11 is 0.